The van der Waals surface area contributed by atoms with Crippen molar-refractivity contribution in [2.45, 2.75) is 70.5 Å². The number of hydrogen-bond acceptors (Lipinski definition) is 2. The number of carbonyl (C=O) groups is 1. The summed E-state index contributed by atoms with van der Waals surface area (Å²) in [7, 11) is 0. The van der Waals surface area contributed by atoms with Gasteiger partial charge in [0.25, 0.3) is 0 Å². The highest BCUT2D eigenvalue weighted by Crippen LogP contribution is 2.39. The van der Waals surface area contributed by atoms with E-state index in [1.165, 1.54) is 30.4 Å². The first-order chi connectivity index (χ1) is 13.1. The van der Waals surface area contributed by atoms with Crippen molar-refractivity contribution in [3.8, 4) is 0 Å². The molecule has 0 N–H and O–H groups in total. The lowest BCUT2D eigenvalue weighted by Crippen LogP contribution is -2.52. The molecule has 2 aliphatic heterocycles. The van der Waals surface area contributed by atoms with Crippen molar-refractivity contribution in [1.82, 2.24) is 4.90 Å². The van der Waals surface area contributed by atoms with Crippen molar-refractivity contribution < 1.29 is 4.79 Å². The minimum absolute atomic E-state index is 0.192. The van der Waals surface area contributed by atoms with Gasteiger partial charge in [-0.2, -0.15) is 0 Å². The molecule has 2 aromatic carbocycles. The van der Waals surface area contributed by atoms with Crippen LogP contribution in [0, 0.1) is 5.92 Å². The number of benzene rings is 2. The van der Waals surface area contributed by atoms with E-state index in [-0.39, 0.29) is 5.92 Å². The van der Waals surface area contributed by atoms with Gasteiger partial charge in [-0.1, -0.05) is 74.9 Å². The van der Waals surface area contributed by atoms with E-state index in [0.29, 0.717) is 23.8 Å². The van der Waals surface area contributed by atoms with E-state index in [0.717, 1.165) is 24.9 Å². The predicted molar refractivity (Wildman–Crippen MR) is 111 cm³/mol. The molecule has 142 valence electrons. The lowest BCUT2D eigenvalue weighted by Gasteiger charge is -2.48. The van der Waals surface area contributed by atoms with Crippen LogP contribution >= 0.6 is 0 Å². The fourth-order valence-electron chi connectivity index (χ4n) is 5.01. The quantitative estimate of drug-likeness (QED) is 0.625. The van der Waals surface area contributed by atoms with Gasteiger partial charge in [-0.15, -0.1) is 0 Å². The summed E-state index contributed by atoms with van der Waals surface area (Å²) in [5.41, 5.74) is 3.60. The molecule has 2 bridgehead atoms. The summed E-state index contributed by atoms with van der Waals surface area (Å²) in [6, 6.07) is 20.2. The van der Waals surface area contributed by atoms with Gasteiger partial charge >= 0.3 is 0 Å². The van der Waals surface area contributed by atoms with Gasteiger partial charge < -0.3 is 0 Å². The SMILES string of the molecule is CC(C)c1ccc(C(=O)C2CC3CCCC(C2)N3Cc2ccccc2)cc1. The number of piperidine rings is 2. The number of rotatable bonds is 5. The molecule has 2 atom stereocenters. The Balaban J connectivity index is 1.47. The Morgan fingerprint density at radius 1 is 0.963 bits per heavy atom. The Kier molecular flexibility index (Phi) is 5.45. The lowest BCUT2D eigenvalue weighted by atomic mass is 9.75. The van der Waals surface area contributed by atoms with Crippen LogP contribution in [0.2, 0.25) is 0 Å². The maximum atomic E-state index is 13.2. The third-order valence-electron chi connectivity index (χ3n) is 6.57. The normalized spacial score (nSPS) is 25.5. The molecule has 2 heterocycles. The molecule has 0 radical (unpaired) electrons. The molecule has 0 aliphatic carbocycles. The van der Waals surface area contributed by atoms with Gasteiger partial charge in [-0.05, 0) is 42.7 Å². The summed E-state index contributed by atoms with van der Waals surface area (Å²) in [6.07, 6.45) is 5.83. The molecule has 27 heavy (non-hydrogen) atoms. The third-order valence-corrected chi connectivity index (χ3v) is 6.57. The van der Waals surface area contributed by atoms with Gasteiger partial charge in [0.15, 0.2) is 5.78 Å². The van der Waals surface area contributed by atoms with E-state index in [2.05, 4.69) is 61.2 Å². The highest BCUT2D eigenvalue weighted by Gasteiger charge is 2.40. The zero-order chi connectivity index (χ0) is 18.8. The highest BCUT2D eigenvalue weighted by molar-refractivity contribution is 5.98. The van der Waals surface area contributed by atoms with Gasteiger partial charge in [0, 0.05) is 30.1 Å². The van der Waals surface area contributed by atoms with Crippen molar-refractivity contribution in [1.29, 1.82) is 0 Å². The molecule has 2 saturated heterocycles. The molecule has 2 aromatic rings. The fourth-order valence-corrected chi connectivity index (χ4v) is 5.01. The average Bonchev–Trinajstić information content (AvgIpc) is 2.68. The molecule has 0 spiro atoms. The molecule has 2 nitrogen and oxygen atoms in total. The molecule has 2 heteroatoms. The Labute approximate surface area is 163 Å². The summed E-state index contributed by atoms with van der Waals surface area (Å²) in [5.74, 6) is 1.06. The molecule has 2 unspecified atom stereocenters. The number of Topliss-reactive ketones (excluding diaryl/α,β-unsaturated/α-hetero) is 1. The van der Waals surface area contributed by atoms with E-state index < -0.39 is 0 Å². The number of nitrogens with zero attached hydrogens (tertiary/aromatic N) is 1. The molecular weight excluding hydrogens is 330 g/mol. The summed E-state index contributed by atoms with van der Waals surface area (Å²) >= 11 is 0. The third kappa shape index (κ3) is 4.01. The van der Waals surface area contributed by atoms with Crippen molar-refractivity contribution >= 4 is 5.78 Å². The van der Waals surface area contributed by atoms with E-state index in [4.69, 9.17) is 0 Å². The smallest absolute Gasteiger partial charge is 0.166 e. The van der Waals surface area contributed by atoms with Crippen LogP contribution in [0.3, 0.4) is 0 Å². The summed E-state index contributed by atoms with van der Waals surface area (Å²) < 4.78 is 0. The topological polar surface area (TPSA) is 20.3 Å². The van der Waals surface area contributed by atoms with Crippen LogP contribution in [0.4, 0.5) is 0 Å². The largest absolute Gasteiger partial charge is 0.294 e. The fraction of sp³-hybridized carbons (Fsp3) is 0.480. The second-order valence-electron chi connectivity index (χ2n) is 8.71. The molecule has 2 fully saturated rings. The molecule has 0 amide bonds. The van der Waals surface area contributed by atoms with Crippen molar-refractivity contribution in [3.63, 3.8) is 0 Å². The first-order valence-electron chi connectivity index (χ1n) is 10.6. The van der Waals surface area contributed by atoms with Crippen molar-refractivity contribution in [2.75, 3.05) is 0 Å². The van der Waals surface area contributed by atoms with E-state index in [1.54, 1.807) is 0 Å². The van der Waals surface area contributed by atoms with Crippen LogP contribution in [0.1, 0.15) is 73.4 Å². The van der Waals surface area contributed by atoms with E-state index in [9.17, 15) is 4.79 Å². The first-order valence-corrected chi connectivity index (χ1v) is 10.6. The standard InChI is InChI=1S/C25H31NO/c1-18(2)20-11-13-21(14-12-20)25(27)22-15-23-9-6-10-24(16-22)26(23)17-19-7-4-3-5-8-19/h3-5,7-8,11-14,18,22-24H,6,9-10,15-17H2,1-2H3. The molecule has 2 aliphatic rings. The van der Waals surface area contributed by atoms with Gasteiger partial charge in [0.05, 0.1) is 0 Å². The number of carbonyl (C=O) groups excluding carboxylic acids is 1. The van der Waals surface area contributed by atoms with Crippen LogP contribution < -0.4 is 0 Å². The maximum Gasteiger partial charge on any atom is 0.166 e. The second kappa shape index (κ2) is 7.98. The van der Waals surface area contributed by atoms with Crippen molar-refractivity contribution in [2.24, 2.45) is 5.92 Å². The van der Waals surface area contributed by atoms with E-state index in [1.807, 2.05) is 12.1 Å². The summed E-state index contributed by atoms with van der Waals surface area (Å²) in [6.45, 7) is 5.42. The highest BCUT2D eigenvalue weighted by atomic mass is 16.1. The van der Waals surface area contributed by atoms with E-state index >= 15 is 0 Å². The average molecular weight is 362 g/mol. The predicted octanol–water partition coefficient (Wildman–Crippen LogP) is 5.83. The van der Waals surface area contributed by atoms with Crippen LogP contribution in [-0.2, 0) is 6.54 Å². The molecule has 4 rings (SSSR count). The van der Waals surface area contributed by atoms with Crippen LogP contribution in [-0.4, -0.2) is 22.8 Å². The Hall–Kier alpha value is -1.93. The van der Waals surface area contributed by atoms with Crippen LogP contribution in [0.15, 0.2) is 54.6 Å². The van der Waals surface area contributed by atoms with Crippen LogP contribution in [0.5, 0.6) is 0 Å². The van der Waals surface area contributed by atoms with Crippen LogP contribution in [0.25, 0.3) is 0 Å². The number of fused-ring (bicyclic) bond motifs is 2. The minimum Gasteiger partial charge on any atom is -0.294 e. The van der Waals surface area contributed by atoms with Gasteiger partial charge in [-0.3, -0.25) is 9.69 Å². The number of ketones is 1. The zero-order valence-corrected chi connectivity index (χ0v) is 16.6. The monoisotopic (exact) mass is 361 g/mol. The Bertz CT molecular complexity index is 751. The second-order valence-corrected chi connectivity index (χ2v) is 8.71. The van der Waals surface area contributed by atoms with Gasteiger partial charge in [0.2, 0.25) is 0 Å². The first kappa shape index (κ1) is 18.4. The lowest BCUT2D eigenvalue weighted by molar-refractivity contribution is 0.00906. The molecule has 0 aromatic heterocycles. The summed E-state index contributed by atoms with van der Waals surface area (Å²) in [5, 5.41) is 0. The number of hydrogen-bond donors (Lipinski definition) is 0. The minimum atomic E-state index is 0.192. The maximum absolute atomic E-state index is 13.2. The van der Waals surface area contributed by atoms with Crippen molar-refractivity contribution in [3.05, 3.63) is 71.3 Å². The van der Waals surface area contributed by atoms with Gasteiger partial charge in [0.1, 0.15) is 0 Å². The van der Waals surface area contributed by atoms with Gasteiger partial charge in [-0.25, -0.2) is 0 Å². The summed E-state index contributed by atoms with van der Waals surface area (Å²) in [4.78, 5) is 15.8. The molecule has 0 saturated carbocycles. The molecular formula is C25H31NO. The Morgan fingerprint density at radius 3 is 2.19 bits per heavy atom. The zero-order valence-electron chi connectivity index (χ0n) is 16.6. The Morgan fingerprint density at radius 2 is 1.59 bits per heavy atom.